The lowest BCUT2D eigenvalue weighted by atomic mass is 10.0. The molecule has 1 nitrogen and oxygen atoms in total. The third-order valence-electron chi connectivity index (χ3n) is 3.36. The van der Waals surface area contributed by atoms with Gasteiger partial charge in [-0.2, -0.15) is 0 Å². The Hall–Kier alpha value is -1.76. The van der Waals surface area contributed by atoms with Crippen molar-refractivity contribution >= 4 is 5.69 Å². The van der Waals surface area contributed by atoms with Crippen LogP contribution in [0, 0.1) is 12.8 Å². The first kappa shape index (κ1) is 17.3. The third-order valence-corrected chi connectivity index (χ3v) is 3.36. The minimum atomic E-state index is 0.716. The van der Waals surface area contributed by atoms with Crippen molar-refractivity contribution in [3.8, 4) is 0 Å². The molecule has 0 saturated heterocycles. The number of anilines is 1. The van der Waals surface area contributed by atoms with Crippen LogP contribution < -0.4 is 5.73 Å². The highest BCUT2D eigenvalue weighted by molar-refractivity contribution is 5.47. The predicted octanol–water partition coefficient (Wildman–Crippen LogP) is 5.41. The van der Waals surface area contributed by atoms with E-state index in [9.17, 15) is 0 Å². The van der Waals surface area contributed by atoms with Gasteiger partial charge in [0.1, 0.15) is 0 Å². The van der Waals surface area contributed by atoms with E-state index in [0.29, 0.717) is 5.92 Å². The molecule has 0 radical (unpaired) electrons. The van der Waals surface area contributed by atoms with E-state index in [1.807, 2.05) is 6.07 Å². The summed E-state index contributed by atoms with van der Waals surface area (Å²) in [7, 11) is 0. The van der Waals surface area contributed by atoms with Gasteiger partial charge in [0, 0.05) is 5.69 Å². The van der Waals surface area contributed by atoms with E-state index < -0.39 is 0 Å². The van der Waals surface area contributed by atoms with Crippen molar-refractivity contribution in [3.63, 3.8) is 0 Å². The average Bonchev–Trinajstić information content (AvgIpc) is 2.45. The highest BCUT2D eigenvalue weighted by atomic mass is 14.5. The highest BCUT2D eigenvalue weighted by Gasteiger charge is 1.99. The highest BCUT2D eigenvalue weighted by Crippen LogP contribution is 2.15. The molecule has 0 fully saturated rings. The molecule has 2 aromatic rings. The average molecular weight is 283 g/mol. The lowest BCUT2D eigenvalue weighted by Crippen LogP contribution is -1.96. The van der Waals surface area contributed by atoms with Crippen LogP contribution in [-0.2, 0) is 12.8 Å². The molecule has 0 bridgehead atoms. The third kappa shape index (κ3) is 6.99. The zero-order chi connectivity index (χ0) is 15.7. The Labute approximate surface area is 130 Å². The fraction of sp³-hybridized carbons (Fsp3) is 0.400. The number of hydrogen-bond donors (Lipinski definition) is 1. The standard InChI is InChI=1S/C11H17N.C9H12/c1-8(2)6-10-4-5-11(12)9(3)7-10;1-2-6-9-7-4-3-5-8-9/h4-5,7-8H,6,12H2,1-3H3;3-5,7-8H,2,6H2,1H3. The molecule has 0 amide bonds. The summed E-state index contributed by atoms with van der Waals surface area (Å²) in [5, 5.41) is 0. The molecule has 0 saturated carbocycles. The van der Waals surface area contributed by atoms with Crippen LogP contribution in [0.3, 0.4) is 0 Å². The molecule has 0 aliphatic heterocycles. The first-order valence-electron chi connectivity index (χ1n) is 7.91. The Morgan fingerprint density at radius 2 is 1.62 bits per heavy atom. The quantitative estimate of drug-likeness (QED) is 0.745. The Kier molecular flexibility index (Phi) is 7.60. The first-order chi connectivity index (χ1) is 10.0. The molecular formula is C20H29N. The second-order valence-electron chi connectivity index (χ2n) is 6.02. The number of aryl methyl sites for hydroxylation is 2. The summed E-state index contributed by atoms with van der Waals surface area (Å²) < 4.78 is 0. The number of nitrogen functional groups attached to an aromatic ring is 1. The van der Waals surface area contributed by atoms with E-state index in [2.05, 4.69) is 70.2 Å². The van der Waals surface area contributed by atoms with Crippen LogP contribution >= 0.6 is 0 Å². The minimum Gasteiger partial charge on any atom is -0.399 e. The fourth-order valence-corrected chi connectivity index (χ4v) is 2.27. The first-order valence-corrected chi connectivity index (χ1v) is 7.91. The maximum Gasteiger partial charge on any atom is 0.0343 e. The van der Waals surface area contributed by atoms with Gasteiger partial charge in [0.2, 0.25) is 0 Å². The van der Waals surface area contributed by atoms with E-state index >= 15 is 0 Å². The van der Waals surface area contributed by atoms with Crippen LogP contribution in [0.4, 0.5) is 5.69 Å². The van der Waals surface area contributed by atoms with Crippen LogP contribution in [0.2, 0.25) is 0 Å². The maximum atomic E-state index is 5.72. The molecule has 0 unspecified atom stereocenters. The molecule has 0 heterocycles. The summed E-state index contributed by atoms with van der Waals surface area (Å²) in [5.74, 6) is 0.716. The smallest absolute Gasteiger partial charge is 0.0343 e. The van der Waals surface area contributed by atoms with Gasteiger partial charge < -0.3 is 5.73 Å². The van der Waals surface area contributed by atoms with Crippen molar-refractivity contribution in [2.75, 3.05) is 5.73 Å². The van der Waals surface area contributed by atoms with E-state index in [4.69, 9.17) is 5.73 Å². The number of rotatable bonds is 4. The van der Waals surface area contributed by atoms with Crippen molar-refractivity contribution in [2.45, 2.75) is 47.0 Å². The number of hydrogen-bond acceptors (Lipinski definition) is 1. The molecule has 2 rings (SSSR count). The zero-order valence-corrected chi connectivity index (χ0v) is 13.9. The van der Waals surface area contributed by atoms with Gasteiger partial charge in [-0.05, 0) is 48.4 Å². The number of benzene rings is 2. The summed E-state index contributed by atoms with van der Waals surface area (Å²) in [6.45, 7) is 8.71. The van der Waals surface area contributed by atoms with Gasteiger partial charge in [0.15, 0.2) is 0 Å². The molecule has 1 heteroatoms. The molecular weight excluding hydrogens is 254 g/mol. The van der Waals surface area contributed by atoms with Crippen LogP contribution in [0.5, 0.6) is 0 Å². The Balaban J connectivity index is 0.000000219. The van der Waals surface area contributed by atoms with Crippen molar-refractivity contribution in [1.29, 1.82) is 0 Å². The van der Waals surface area contributed by atoms with Gasteiger partial charge >= 0.3 is 0 Å². The van der Waals surface area contributed by atoms with E-state index in [1.165, 1.54) is 29.5 Å². The van der Waals surface area contributed by atoms with Gasteiger partial charge in [0.25, 0.3) is 0 Å². The Morgan fingerprint density at radius 3 is 2.14 bits per heavy atom. The van der Waals surface area contributed by atoms with Gasteiger partial charge in [-0.15, -0.1) is 0 Å². The zero-order valence-electron chi connectivity index (χ0n) is 13.9. The topological polar surface area (TPSA) is 26.0 Å². The summed E-state index contributed by atoms with van der Waals surface area (Å²) >= 11 is 0. The van der Waals surface area contributed by atoms with E-state index in [1.54, 1.807) is 0 Å². The second-order valence-corrected chi connectivity index (χ2v) is 6.02. The molecule has 21 heavy (non-hydrogen) atoms. The van der Waals surface area contributed by atoms with Gasteiger partial charge in [-0.3, -0.25) is 0 Å². The van der Waals surface area contributed by atoms with Gasteiger partial charge in [-0.25, -0.2) is 0 Å². The van der Waals surface area contributed by atoms with Crippen molar-refractivity contribution in [1.82, 2.24) is 0 Å². The summed E-state index contributed by atoms with van der Waals surface area (Å²) in [6.07, 6.45) is 3.59. The largest absolute Gasteiger partial charge is 0.399 e. The summed E-state index contributed by atoms with van der Waals surface area (Å²) in [5.41, 5.74) is 10.6. The number of nitrogens with two attached hydrogens (primary N) is 1. The minimum absolute atomic E-state index is 0.716. The molecule has 0 atom stereocenters. The van der Waals surface area contributed by atoms with Crippen molar-refractivity contribution < 1.29 is 0 Å². The monoisotopic (exact) mass is 283 g/mol. The summed E-state index contributed by atoms with van der Waals surface area (Å²) in [4.78, 5) is 0. The van der Waals surface area contributed by atoms with Crippen molar-refractivity contribution in [2.24, 2.45) is 5.92 Å². The normalized spacial score (nSPS) is 10.1. The molecule has 0 aliphatic carbocycles. The molecule has 0 aromatic heterocycles. The van der Waals surface area contributed by atoms with Crippen molar-refractivity contribution in [3.05, 3.63) is 65.2 Å². The molecule has 2 N–H and O–H groups in total. The van der Waals surface area contributed by atoms with E-state index in [-0.39, 0.29) is 0 Å². The van der Waals surface area contributed by atoms with Crippen LogP contribution in [0.1, 0.15) is 43.9 Å². The summed E-state index contributed by atoms with van der Waals surface area (Å²) in [6, 6.07) is 16.9. The Bertz CT molecular complexity index is 515. The molecule has 2 aromatic carbocycles. The van der Waals surface area contributed by atoms with Crippen LogP contribution in [0.25, 0.3) is 0 Å². The molecule has 0 spiro atoms. The lowest BCUT2D eigenvalue weighted by Gasteiger charge is -2.07. The van der Waals surface area contributed by atoms with Crippen LogP contribution in [0.15, 0.2) is 48.5 Å². The van der Waals surface area contributed by atoms with Gasteiger partial charge in [0.05, 0.1) is 0 Å². The molecule has 114 valence electrons. The van der Waals surface area contributed by atoms with Crippen LogP contribution in [-0.4, -0.2) is 0 Å². The SMILES string of the molecule is CCCc1ccccc1.Cc1cc(CC(C)C)ccc1N. The predicted molar refractivity (Wildman–Crippen MR) is 94.6 cm³/mol. The second kappa shape index (κ2) is 9.23. The molecule has 0 aliphatic rings. The van der Waals surface area contributed by atoms with E-state index in [0.717, 1.165) is 12.1 Å². The fourth-order valence-electron chi connectivity index (χ4n) is 2.27. The Morgan fingerprint density at radius 1 is 0.952 bits per heavy atom. The lowest BCUT2D eigenvalue weighted by molar-refractivity contribution is 0.647. The van der Waals surface area contributed by atoms with Gasteiger partial charge in [-0.1, -0.05) is 69.7 Å². The maximum absolute atomic E-state index is 5.72.